The Morgan fingerprint density at radius 1 is 0.976 bits per heavy atom. The molecule has 2 aromatic rings. The number of unbranched alkanes of at least 4 members (excludes halogenated alkanes) is 1. The minimum atomic E-state index is -0.621. The van der Waals surface area contributed by atoms with Gasteiger partial charge in [-0.2, -0.15) is 0 Å². The predicted octanol–water partition coefficient (Wildman–Crippen LogP) is 2.79. The Morgan fingerprint density at radius 3 is 2.32 bits per heavy atom. The van der Waals surface area contributed by atoms with E-state index in [-0.39, 0.29) is 23.5 Å². The van der Waals surface area contributed by atoms with Crippen LogP contribution in [0.15, 0.2) is 36.7 Å². The summed E-state index contributed by atoms with van der Waals surface area (Å²) in [6.07, 6.45) is 6.44. The van der Waals surface area contributed by atoms with E-state index in [4.69, 9.17) is 4.74 Å². The maximum atomic E-state index is 12.9. The Balaban J connectivity index is 1.15. The highest BCUT2D eigenvalue weighted by molar-refractivity contribution is 6.00. The maximum Gasteiger partial charge on any atom is 0.410 e. The zero-order valence-corrected chi connectivity index (χ0v) is 23.9. The van der Waals surface area contributed by atoms with Crippen LogP contribution in [-0.4, -0.2) is 76.1 Å². The van der Waals surface area contributed by atoms with Crippen molar-refractivity contribution in [2.45, 2.75) is 77.0 Å². The van der Waals surface area contributed by atoms with Gasteiger partial charge in [0, 0.05) is 38.1 Å². The van der Waals surface area contributed by atoms with E-state index in [1.165, 1.54) is 28.4 Å². The third-order valence-electron chi connectivity index (χ3n) is 6.90. The molecule has 1 aliphatic carbocycles. The average molecular weight is 566 g/mol. The largest absolute Gasteiger partial charge is 0.444 e. The van der Waals surface area contributed by atoms with E-state index in [0.717, 1.165) is 19.3 Å². The van der Waals surface area contributed by atoms with Crippen molar-refractivity contribution >= 4 is 29.8 Å². The molecular formula is C29H39N7O5. The van der Waals surface area contributed by atoms with Crippen LogP contribution < -0.4 is 21.3 Å². The molecule has 0 radical (unpaired) electrons. The fourth-order valence-corrected chi connectivity index (χ4v) is 5.02. The van der Waals surface area contributed by atoms with E-state index in [0.29, 0.717) is 38.9 Å². The molecule has 1 unspecified atom stereocenters. The van der Waals surface area contributed by atoms with Crippen LogP contribution in [0.1, 0.15) is 68.1 Å². The molecule has 1 fully saturated rings. The van der Waals surface area contributed by atoms with E-state index in [9.17, 15) is 19.2 Å². The second-order valence-corrected chi connectivity index (χ2v) is 11.3. The lowest BCUT2D eigenvalue weighted by Gasteiger charge is -2.28. The first-order chi connectivity index (χ1) is 19.6. The van der Waals surface area contributed by atoms with Crippen LogP contribution in [0.2, 0.25) is 0 Å². The van der Waals surface area contributed by atoms with Gasteiger partial charge in [0.05, 0.1) is 0 Å². The fourth-order valence-electron chi connectivity index (χ4n) is 5.02. The van der Waals surface area contributed by atoms with Gasteiger partial charge in [-0.3, -0.25) is 19.8 Å². The van der Waals surface area contributed by atoms with Crippen LogP contribution in [0, 0.1) is 0 Å². The summed E-state index contributed by atoms with van der Waals surface area (Å²) in [6, 6.07) is 7.01. The Bertz CT molecular complexity index is 1240. The van der Waals surface area contributed by atoms with Gasteiger partial charge in [-0.05, 0) is 70.4 Å². The second-order valence-electron chi connectivity index (χ2n) is 11.3. The summed E-state index contributed by atoms with van der Waals surface area (Å²) in [5.74, 6) is -0.514. The molecule has 1 atom stereocenters. The second kappa shape index (κ2) is 13.4. The molecule has 4 rings (SSSR count). The van der Waals surface area contributed by atoms with Gasteiger partial charge in [0.25, 0.3) is 5.91 Å². The number of carbonyl (C=O) groups is 4. The number of fused-ring (bicyclic) bond motifs is 1. The molecule has 1 aromatic heterocycles. The molecule has 220 valence electrons. The van der Waals surface area contributed by atoms with Crippen LogP contribution in [0.5, 0.6) is 0 Å². The molecule has 5 amide bonds. The molecule has 0 spiro atoms. The molecule has 12 nitrogen and oxygen atoms in total. The van der Waals surface area contributed by atoms with Gasteiger partial charge in [0.15, 0.2) is 11.5 Å². The molecule has 2 aliphatic rings. The van der Waals surface area contributed by atoms with Crippen molar-refractivity contribution in [1.82, 2.24) is 30.8 Å². The van der Waals surface area contributed by atoms with E-state index in [2.05, 4.69) is 43.4 Å². The first-order valence-corrected chi connectivity index (χ1v) is 14.1. The van der Waals surface area contributed by atoms with Crippen LogP contribution >= 0.6 is 0 Å². The third kappa shape index (κ3) is 8.38. The van der Waals surface area contributed by atoms with Crippen molar-refractivity contribution in [3.8, 4) is 0 Å². The molecule has 2 heterocycles. The molecule has 1 saturated heterocycles. The molecular weight excluding hydrogens is 526 g/mol. The summed E-state index contributed by atoms with van der Waals surface area (Å²) in [5, 5.41) is 11.2. The van der Waals surface area contributed by atoms with Gasteiger partial charge < -0.3 is 20.7 Å². The predicted molar refractivity (Wildman–Crippen MR) is 152 cm³/mol. The zero-order chi connectivity index (χ0) is 29.4. The van der Waals surface area contributed by atoms with Crippen molar-refractivity contribution in [2.75, 3.05) is 25.0 Å². The van der Waals surface area contributed by atoms with E-state index in [1.807, 2.05) is 12.1 Å². The molecule has 1 aliphatic heterocycles. The lowest BCUT2D eigenvalue weighted by Crippen LogP contribution is -2.47. The highest BCUT2D eigenvalue weighted by Gasteiger charge is 2.36. The summed E-state index contributed by atoms with van der Waals surface area (Å²) >= 11 is 0. The number of anilines is 1. The highest BCUT2D eigenvalue weighted by atomic mass is 16.6. The number of benzene rings is 1. The van der Waals surface area contributed by atoms with Crippen LogP contribution in [0.25, 0.3) is 0 Å². The topological polar surface area (TPSA) is 155 Å². The molecule has 41 heavy (non-hydrogen) atoms. The van der Waals surface area contributed by atoms with Crippen molar-refractivity contribution in [3.05, 3.63) is 53.5 Å². The Labute approximate surface area is 240 Å². The SMILES string of the molecule is CC(C)(C)OC(=O)N1CCCC1C(=O)NCCCCNC(=O)Nc1nccnc1C(=O)NC1Cc2ccccc2C1. The standard InChI is InChI=1S/C29H39N7O5/c1-29(2,3)41-28(40)36-16-8-11-22(36)25(37)32-12-6-7-13-33-27(39)35-24-23(30-14-15-31-24)26(38)34-21-17-19-9-4-5-10-20(19)18-21/h4-5,9-10,14-15,21-22H,6-8,11-13,16-18H2,1-3H3,(H,32,37)(H,34,38)(H2,31,33,35,39). The first-order valence-electron chi connectivity index (χ1n) is 14.1. The van der Waals surface area contributed by atoms with E-state index >= 15 is 0 Å². The number of hydrogen-bond acceptors (Lipinski definition) is 7. The van der Waals surface area contributed by atoms with Crippen molar-refractivity contribution < 1.29 is 23.9 Å². The van der Waals surface area contributed by atoms with Crippen LogP contribution in [0.4, 0.5) is 15.4 Å². The van der Waals surface area contributed by atoms with E-state index < -0.39 is 29.7 Å². The van der Waals surface area contributed by atoms with Gasteiger partial charge in [-0.15, -0.1) is 0 Å². The van der Waals surface area contributed by atoms with E-state index in [1.54, 1.807) is 20.8 Å². The summed E-state index contributed by atoms with van der Waals surface area (Å²) in [6.45, 7) is 6.66. The summed E-state index contributed by atoms with van der Waals surface area (Å²) < 4.78 is 5.42. The minimum Gasteiger partial charge on any atom is -0.444 e. The van der Waals surface area contributed by atoms with Gasteiger partial charge >= 0.3 is 12.1 Å². The molecule has 4 N–H and O–H groups in total. The minimum absolute atomic E-state index is 0.0434. The molecule has 12 heteroatoms. The normalized spacial score (nSPS) is 16.6. The molecule has 0 saturated carbocycles. The summed E-state index contributed by atoms with van der Waals surface area (Å²) in [5.41, 5.74) is 1.86. The lowest BCUT2D eigenvalue weighted by molar-refractivity contribution is -0.125. The Morgan fingerprint density at radius 2 is 1.63 bits per heavy atom. The third-order valence-corrected chi connectivity index (χ3v) is 6.90. The number of nitrogens with zero attached hydrogens (tertiary/aromatic N) is 3. The number of aromatic nitrogens is 2. The van der Waals surface area contributed by atoms with Crippen molar-refractivity contribution in [1.29, 1.82) is 0 Å². The van der Waals surface area contributed by atoms with Crippen LogP contribution in [-0.2, 0) is 22.4 Å². The fraction of sp³-hybridized carbons (Fsp3) is 0.517. The number of urea groups is 1. The quantitative estimate of drug-likeness (QED) is 0.341. The number of rotatable bonds is 9. The number of ether oxygens (including phenoxy) is 1. The van der Waals surface area contributed by atoms with Crippen LogP contribution in [0.3, 0.4) is 0 Å². The maximum absolute atomic E-state index is 12.9. The number of carbonyl (C=O) groups excluding carboxylic acids is 4. The van der Waals surface area contributed by atoms with Gasteiger partial charge in [0.1, 0.15) is 11.6 Å². The van der Waals surface area contributed by atoms with Crippen molar-refractivity contribution in [2.24, 2.45) is 0 Å². The number of nitrogens with one attached hydrogen (secondary N) is 4. The monoisotopic (exact) mass is 565 g/mol. The summed E-state index contributed by atoms with van der Waals surface area (Å²) in [4.78, 5) is 60.2. The van der Waals surface area contributed by atoms with Crippen molar-refractivity contribution in [3.63, 3.8) is 0 Å². The number of amides is 5. The van der Waals surface area contributed by atoms with Gasteiger partial charge in [0.2, 0.25) is 5.91 Å². The molecule has 1 aromatic carbocycles. The first kappa shape index (κ1) is 29.8. The lowest BCUT2D eigenvalue weighted by atomic mass is 10.1. The zero-order valence-electron chi connectivity index (χ0n) is 23.9. The Kier molecular flexibility index (Phi) is 9.74. The van der Waals surface area contributed by atoms with Gasteiger partial charge in [-0.1, -0.05) is 24.3 Å². The number of likely N-dealkylation sites (tertiary alicyclic amines) is 1. The number of hydrogen-bond donors (Lipinski definition) is 4. The smallest absolute Gasteiger partial charge is 0.410 e. The van der Waals surface area contributed by atoms with Gasteiger partial charge in [-0.25, -0.2) is 19.6 Å². The Hall–Kier alpha value is -4.22. The molecule has 0 bridgehead atoms. The average Bonchev–Trinajstić information content (AvgIpc) is 3.57. The summed E-state index contributed by atoms with van der Waals surface area (Å²) in [7, 11) is 0. The highest BCUT2D eigenvalue weighted by Crippen LogP contribution is 2.23.